The van der Waals surface area contributed by atoms with Crippen molar-refractivity contribution in [3.8, 4) is 11.8 Å². The molecule has 0 N–H and O–H groups in total. The topological polar surface area (TPSA) is 12.4 Å². The van der Waals surface area contributed by atoms with Crippen molar-refractivity contribution in [2.45, 2.75) is 64.2 Å². The summed E-state index contributed by atoms with van der Waals surface area (Å²) < 4.78 is 0. The Bertz CT molecular complexity index is 908. The highest BCUT2D eigenvalue weighted by Crippen LogP contribution is 2.37. The predicted molar refractivity (Wildman–Crippen MR) is 127 cm³/mol. The van der Waals surface area contributed by atoms with Gasteiger partial charge in [-0.2, -0.15) is 4.99 Å². The average Bonchev–Trinajstić information content (AvgIpc) is 2.75. The fraction of sp³-hybridized carbons (Fsp3) is 0.423. The molecule has 1 saturated carbocycles. The molecule has 3 rings (SSSR count). The fourth-order valence-corrected chi connectivity index (χ4v) is 4.50. The number of unbranched alkanes of at least 4 members (excludes halogenated alkanes) is 2. The van der Waals surface area contributed by atoms with Gasteiger partial charge in [-0.3, -0.25) is 0 Å². The Hall–Kier alpha value is -1.91. The van der Waals surface area contributed by atoms with Crippen LogP contribution in [0, 0.1) is 17.8 Å². The van der Waals surface area contributed by atoms with Crippen molar-refractivity contribution < 1.29 is 0 Å². The number of thiocarbonyl (C=S) groups is 1. The van der Waals surface area contributed by atoms with Crippen LogP contribution in [0.15, 0.2) is 47.5 Å². The molecule has 1 aliphatic rings. The van der Waals surface area contributed by atoms with E-state index >= 15 is 0 Å². The summed E-state index contributed by atoms with van der Waals surface area (Å²) in [4.78, 5) is 3.94. The van der Waals surface area contributed by atoms with Crippen LogP contribution in [0.2, 0.25) is 5.02 Å². The van der Waals surface area contributed by atoms with Crippen molar-refractivity contribution in [3.63, 3.8) is 0 Å². The van der Waals surface area contributed by atoms with Crippen LogP contribution >= 0.6 is 23.8 Å². The normalized spacial score (nSPS) is 18.4. The molecular formula is C26H28ClNS. The summed E-state index contributed by atoms with van der Waals surface area (Å²) in [5.74, 6) is 8.04. The monoisotopic (exact) mass is 421 g/mol. The first-order valence-electron chi connectivity index (χ1n) is 10.7. The van der Waals surface area contributed by atoms with Crippen LogP contribution in [0.5, 0.6) is 0 Å². The minimum Gasteiger partial charge on any atom is -0.195 e. The molecule has 0 bridgehead atoms. The molecule has 0 saturated heterocycles. The quantitative estimate of drug-likeness (QED) is 0.197. The summed E-state index contributed by atoms with van der Waals surface area (Å²) in [5.41, 5.74) is 3.96. The van der Waals surface area contributed by atoms with Crippen molar-refractivity contribution >= 4 is 34.7 Å². The van der Waals surface area contributed by atoms with E-state index in [1.54, 1.807) is 6.07 Å². The van der Waals surface area contributed by atoms with Crippen molar-refractivity contribution in [1.82, 2.24) is 0 Å². The number of hydrogen-bond acceptors (Lipinski definition) is 2. The van der Waals surface area contributed by atoms with Crippen LogP contribution in [0.1, 0.15) is 80.9 Å². The maximum atomic E-state index is 6.29. The van der Waals surface area contributed by atoms with Crippen LogP contribution in [0.3, 0.4) is 0 Å². The molecule has 0 aliphatic heterocycles. The largest absolute Gasteiger partial charge is 0.195 e. The van der Waals surface area contributed by atoms with E-state index in [1.165, 1.54) is 56.9 Å². The van der Waals surface area contributed by atoms with E-state index < -0.39 is 0 Å². The summed E-state index contributed by atoms with van der Waals surface area (Å²) >= 11 is 10.9. The minimum atomic E-state index is 0.580. The number of halogens is 1. The number of isothiocyanates is 1. The van der Waals surface area contributed by atoms with Gasteiger partial charge < -0.3 is 0 Å². The highest BCUT2D eigenvalue weighted by Gasteiger charge is 2.21. The fourth-order valence-electron chi connectivity index (χ4n) is 4.17. The zero-order valence-electron chi connectivity index (χ0n) is 17.1. The number of aliphatic imine (C=N–C) groups is 1. The Kier molecular flexibility index (Phi) is 8.51. The van der Waals surface area contributed by atoms with Gasteiger partial charge in [0.1, 0.15) is 0 Å². The lowest BCUT2D eigenvalue weighted by Gasteiger charge is -2.29. The zero-order chi connectivity index (χ0) is 20.5. The van der Waals surface area contributed by atoms with E-state index in [1.807, 2.05) is 12.1 Å². The third-order valence-electron chi connectivity index (χ3n) is 5.91. The van der Waals surface area contributed by atoms with Crippen molar-refractivity contribution in [1.29, 1.82) is 0 Å². The maximum Gasteiger partial charge on any atom is 0.0755 e. The van der Waals surface area contributed by atoms with Crippen LogP contribution in [-0.2, 0) is 0 Å². The second kappa shape index (κ2) is 11.3. The predicted octanol–water partition coefficient (Wildman–Crippen LogP) is 8.33. The minimum absolute atomic E-state index is 0.580. The van der Waals surface area contributed by atoms with E-state index in [0.717, 1.165) is 17.0 Å². The summed E-state index contributed by atoms with van der Waals surface area (Å²) in [6, 6.07) is 14.2. The molecule has 2 aromatic rings. The van der Waals surface area contributed by atoms with E-state index in [4.69, 9.17) is 11.6 Å². The summed E-state index contributed by atoms with van der Waals surface area (Å²) in [7, 11) is 0. The van der Waals surface area contributed by atoms with Crippen molar-refractivity contribution in [2.24, 2.45) is 10.9 Å². The molecule has 150 valence electrons. The number of nitrogens with zero attached hydrogens (tertiary/aromatic N) is 1. The van der Waals surface area contributed by atoms with Gasteiger partial charge >= 0.3 is 0 Å². The Morgan fingerprint density at radius 1 is 1.00 bits per heavy atom. The molecule has 0 unspecified atom stereocenters. The Morgan fingerprint density at radius 3 is 2.41 bits per heavy atom. The van der Waals surface area contributed by atoms with Crippen molar-refractivity contribution in [2.75, 3.05) is 0 Å². The molecule has 1 aliphatic carbocycles. The molecule has 3 heteroatoms. The van der Waals surface area contributed by atoms with Gasteiger partial charge in [-0.15, -0.1) is 0 Å². The highest BCUT2D eigenvalue weighted by molar-refractivity contribution is 7.78. The Balaban J connectivity index is 1.58. The molecule has 1 nitrogen and oxygen atoms in total. The lowest BCUT2D eigenvalue weighted by Crippen LogP contribution is -2.13. The average molecular weight is 422 g/mol. The second-order valence-electron chi connectivity index (χ2n) is 7.95. The van der Waals surface area contributed by atoms with Crippen LogP contribution in [0.4, 0.5) is 5.69 Å². The van der Waals surface area contributed by atoms with Gasteiger partial charge in [0.05, 0.1) is 15.9 Å². The zero-order valence-corrected chi connectivity index (χ0v) is 18.7. The first-order valence-corrected chi connectivity index (χ1v) is 11.5. The third-order valence-corrected chi connectivity index (χ3v) is 6.32. The SMILES string of the molecule is CCCCCC1CCC(c2ccc(C#Cc3ccc(N=C=S)cc3Cl)cc2)CC1. The van der Waals surface area contributed by atoms with Gasteiger partial charge in [0.15, 0.2) is 0 Å². The number of benzene rings is 2. The van der Waals surface area contributed by atoms with E-state index in [-0.39, 0.29) is 0 Å². The van der Waals surface area contributed by atoms with Gasteiger partial charge in [0.2, 0.25) is 0 Å². The lowest BCUT2D eigenvalue weighted by molar-refractivity contribution is 0.303. The second-order valence-corrected chi connectivity index (χ2v) is 8.54. The Morgan fingerprint density at radius 2 is 1.76 bits per heavy atom. The van der Waals surface area contributed by atoms with E-state index in [9.17, 15) is 0 Å². The first-order chi connectivity index (χ1) is 14.2. The molecule has 0 radical (unpaired) electrons. The summed E-state index contributed by atoms with van der Waals surface area (Å²) in [5, 5.41) is 2.93. The molecule has 0 amide bonds. The first kappa shape index (κ1) is 21.8. The Labute approximate surface area is 185 Å². The van der Waals surface area contributed by atoms with Gasteiger partial charge in [0.25, 0.3) is 0 Å². The summed E-state index contributed by atoms with van der Waals surface area (Å²) in [6.07, 6.45) is 11.0. The highest BCUT2D eigenvalue weighted by atomic mass is 35.5. The molecule has 0 atom stereocenters. The number of hydrogen-bond donors (Lipinski definition) is 0. The molecule has 2 aromatic carbocycles. The molecule has 29 heavy (non-hydrogen) atoms. The van der Waals surface area contributed by atoms with Gasteiger partial charge in [-0.25, -0.2) is 0 Å². The standard InChI is InChI=1S/C26H28ClNS/c1-2-3-4-5-20-6-11-22(12-7-20)23-13-8-21(9-14-23)10-15-24-16-17-25(28-19-29)18-26(24)27/h8-9,13-14,16-18,20,22H,2-7,11-12H2,1H3. The van der Waals surface area contributed by atoms with Crippen LogP contribution in [0.25, 0.3) is 0 Å². The van der Waals surface area contributed by atoms with E-state index in [0.29, 0.717) is 16.6 Å². The smallest absolute Gasteiger partial charge is 0.0755 e. The third kappa shape index (κ3) is 6.55. The van der Waals surface area contributed by atoms with Crippen LogP contribution < -0.4 is 0 Å². The molecule has 0 spiro atoms. The lowest BCUT2D eigenvalue weighted by atomic mass is 9.77. The van der Waals surface area contributed by atoms with Gasteiger partial charge in [0, 0.05) is 11.1 Å². The summed E-state index contributed by atoms with van der Waals surface area (Å²) in [6.45, 7) is 2.28. The molecule has 1 fully saturated rings. The maximum absolute atomic E-state index is 6.29. The van der Waals surface area contributed by atoms with Gasteiger partial charge in [-0.1, -0.05) is 68.2 Å². The molecule has 0 aromatic heterocycles. The van der Waals surface area contributed by atoms with Crippen molar-refractivity contribution in [3.05, 3.63) is 64.2 Å². The molecule has 0 heterocycles. The van der Waals surface area contributed by atoms with Crippen LogP contribution in [-0.4, -0.2) is 5.16 Å². The molecular weight excluding hydrogens is 394 g/mol. The number of rotatable bonds is 6. The van der Waals surface area contributed by atoms with Gasteiger partial charge in [-0.05, 0) is 85.6 Å². The van der Waals surface area contributed by atoms with E-state index in [2.05, 4.69) is 65.4 Å².